The van der Waals surface area contributed by atoms with E-state index < -0.39 is 0 Å². The minimum absolute atomic E-state index is 0.0970. The second-order valence-electron chi connectivity index (χ2n) is 6.41. The van der Waals surface area contributed by atoms with Crippen molar-refractivity contribution in [3.05, 3.63) is 29.3 Å². The van der Waals surface area contributed by atoms with Gasteiger partial charge < -0.3 is 14.8 Å². The molecule has 0 bridgehead atoms. The molecule has 0 aliphatic carbocycles. The molecular formula is C17H29NO2. The Morgan fingerprint density at radius 2 is 1.95 bits per heavy atom. The van der Waals surface area contributed by atoms with E-state index in [1.807, 2.05) is 0 Å². The Bertz CT molecular complexity index is 410. The fourth-order valence-corrected chi connectivity index (χ4v) is 2.14. The van der Waals surface area contributed by atoms with E-state index >= 15 is 0 Å². The van der Waals surface area contributed by atoms with E-state index in [1.54, 1.807) is 7.11 Å². The summed E-state index contributed by atoms with van der Waals surface area (Å²) >= 11 is 0. The highest BCUT2D eigenvalue weighted by Crippen LogP contribution is 2.31. The first-order valence-electron chi connectivity index (χ1n) is 7.31. The molecule has 1 N–H and O–H groups in total. The largest absolute Gasteiger partial charge is 0.492 e. The SMILES string of the molecule is COCC(C)NCCOc1cc(C)ccc1C(C)(C)C. The van der Waals surface area contributed by atoms with Gasteiger partial charge in [0.1, 0.15) is 12.4 Å². The van der Waals surface area contributed by atoms with Gasteiger partial charge in [0.2, 0.25) is 0 Å². The zero-order valence-corrected chi connectivity index (χ0v) is 13.7. The lowest BCUT2D eigenvalue weighted by atomic mass is 9.86. The number of rotatable bonds is 7. The maximum Gasteiger partial charge on any atom is 0.123 e. The van der Waals surface area contributed by atoms with E-state index in [-0.39, 0.29) is 5.41 Å². The Balaban J connectivity index is 2.57. The van der Waals surface area contributed by atoms with Gasteiger partial charge in [0.15, 0.2) is 0 Å². The molecule has 0 saturated carbocycles. The predicted octanol–water partition coefficient (Wildman–Crippen LogP) is 3.30. The van der Waals surface area contributed by atoms with Gasteiger partial charge in [-0.15, -0.1) is 0 Å². The van der Waals surface area contributed by atoms with Crippen LogP contribution in [0.3, 0.4) is 0 Å². The molecular weight excluding hydrogens is 250 g/mol. The second-order valence-corrected chi connectivity index (χ2v) is 6.41. The van der Waals surface area contributed by atoms with Gasteiger partial charge in [-0.2, -0.15) is 0 Å². The van der Waals surface area contributed by atoms with Crippen LogP contribution in [-0.2, 0) is 10.2 Å². The van der Waals surface area contributed by atoms with Crippen LogP contribution in [-0.4, -0.2) is 32.9 Å². The van der Waals surface area contributed by atoms with Crippen molar-refractivity contribution in [2.75, 3.05) is 26.9 Å². The second kappa shape index (κ2) is 7.65. The molecule has 114 valence electrons. The average molecular weight is 279 g/mol. The van der Waals surface area contributed by atoms with Gasteiger partial charge in [-0.25, -0.2) is 0 Å². The van der Waals surface area contributed by atoms with Crippen molar-refractivity contribution in [1.29, 1.82) is 0 Å². The van der Waals surface area contributed by atoms with Crippen LogP contribution in [0.15, 0.2) is 18.2 Å². The molecule has 0 saturated heterocycles. The summed E-state index contributed by atoms with van der Waals surface area (Å²) in [5.41, 5.74) is 2.58. The monoisotopic (exact) mass is 279 g/mol. The summed E-state index contributed by atoms with van der Waals surface area (Å²) in [7, 11) is 1.72. The van der Waals surface area contributed by atoms with Gasteiger partial charge in [0.25, 0.3) is 0 Å². The molecule has 3 heteroatoms. The summed E-state index contributed by atoms with van der Waals surface area (Å²) in [6.07, 6.45) is 0. The normalized spacial score (nSPS) is 13.3. The molecule has 0 radical (unpaired) electrons. The van der Waals surface area contributed by atoms with Crippen LogP contribution in [0.2, 0.25) is 0 Å². The van der Waals surface area contributed by atoms with Crippen LogP contribution in [0.1, 0.15) is 38.8 Å². The van der Waals surface area contributed by atoms with E-state index in [2.05, 4.69) is 58.1 Å². The van der Waals surface area contributed by atoms with Crippen molar-refractivity contribution in [1.82, 2.24) is 5.32 Å². The lowest BCUT2D eigenvalue weighted by Gasteiger charge is -2.23. The topological polar surface area (TPSA) is 30.5 Å². The summed E-state index contributed by atoms with van der Waals surface area (Å²) in [5.74, 6) is 0.999. The van der Waals surface area contributed by atoms with E-state index in [1.165, 1.54) is 11.1 Å². The van der Waals surface area contributed by atoms with Crippen LogP contribution in [0, 0.1) is 6.92 Å². The molecule has 3 nitrogen and oxygen atoms in total. The van der Waals surface area contributed by atoms with Gasteiger partial charge in [0.05, 0.1) is 6.61 Å². The van der Waals surface area contributed by atoms with Gasteiger partial charge in [-0.1, -0.05) is 32.9 Å². The molecule has 0 heterocycles. The molecule has 0 aliphatic rings. The van der Waals surface area contributed by atoms with Crippen molar-refractivity contribution < 1.29 is 9.47 Å². The number of methoxy groups -OCH3 is 1. The Labute approximate surface area is 123 Å². The smallest absolute Gasteiger partial charge is 0.123 e. The van der Waals surface area contributed by atoms with Gasteiger partial charge >= 0.3 is 0 Å². The Morgan fingerprint density at radius 1 is 1.25 bits per heavy atom. The quantitative estimate of drug-likeness (QED) is 0.777. The molecule has 0 aliphatic heterocycles. The number of nitrogens with one attached hydrogen (secondary N) is 1. The molecule has 0 spiro atoms. The molecule has 0 fully saturated rings. The van der Waals surface area contributed by atoms with Gasteiger partial charge in [0, 0.05) is 19.7 Å². The van der Waals surface area contributed by atoms with Crippen molar-refractivity contribution in [2.24, 2.45) is 0 Å². The number of aryl methyl sites for hydroxylation is 1. The molecule has 1 unspecified atom stereocenters. The number of hydrogen-bond donors (Lipinski definition) is 1. The zero-order chi connectivity index (χ0) is 15.2. The van der Waals surface area contributed by atoms with Crippen LogP contribution in [0.4, 0.5) is 0 Å². The minimum atomic E-state index is 0.0970. The molecule has 0 aromatic heterocycles. The standard InChI is InChI=1S/C17H29NO2/c1-13-7-8-15(17(3,4)5)16(11-13)20-10-9-18-14(2)12-19-6/h7-8,11,14,18H,9-10,12H2,1-6H3. The van der Waals surface area contributed by atoms with Crippen LogP contribution in [0.5, 0.6) is 5.75 Å². The van der Waals surface area contributed by atoms with E-state index in [9.17, 15) is 0 Å². The van der Waals surface area contributed by atoms with Crippen LogP contribution < -0.4 is 10.1 Å². The van der Waals surface area contributed by atoms with E-state index in [0.717, 1.165) is 18.9 Å². The summed E-state index contributed by atoms with van der Waals surface area (Å²) < 4.78 is 11.1. The minimum Gasteiger partial charge on any atom is -0.492 e. The number of hydrogen-bond acceptors (Lipinski definition) is 3. The Hall–Kier alpha value is -1.06. The van der Waals surface area contributed by atoms with Crippen molar-refractivity contribution in [3.63, 3.8) is 0 Å². The fraction of sp³-hybridized carbons (Fsp3) is 0.647. The van der Waals surface area contributed by atoms with Crippen molar-refractivity contribution >= 4 is 0 Å². The Morgan fingerprint density at radius 3 is 2.55 bits per heavy atom. The van der Waals surface area contributed by atoms with E-state index in [4.69, 9.17) is 9.47 Å². The fourth-order valence-electron chi connectivity index (χ4n) is 2.14. The first-order valence-corrected chi connectivity index (χ1v) is 7.31. The summed E-state index contributed by atoms with van der Waals surface area (Å²) in [6.45, 7) is 13.0. The van der Waals surface area contributed by atoms with Gasteiger partial charge in [-0.05, 0) is 36.5 Å². The van der Waals surface area contributed by atoms with Gasteiger partial charge in [-0.3, -0.25) is 0 Å². The highest BCUT2D eigenvalue weighted by atomic mass is 16.5. The molecule has 0 amide bonds. The molecule has 1 aromatic rings. The third-order valence-electron chi connectivity index (χ3n) is 3.21. The first-order chi connectivity index (χ1) is 9.34. The predicted molar refractivity (Wildman–Crippen MR) is 84.7 cm³/mol. The maximum absolute atomic E-state index is 5.97. The summed E-state index contributed by atoms with van der Waals surface area (Å²) in [5, 5.41) is 3.38. The zero-order valence-electron chi connectivity index (χ0n) is 13.7. The third kappa shape index (κ3) is 5.51. The lowest BCUT2D eigenvalue weighted by Crippen LogP contribution is -2.33. The van der Waals surface area contributed by atoms with E-state index in [0.29, 0.717) is 12.6 Å². The highest BCUT2D eigenvalue weighted by molar-refractivity contribution is 5.41. The van der Waals surface area contributed by atoms with Crippen molar-refractivity contribution in [3.8, 4) is 5.75 Å². The average Bonchev–Trinajstić information content (AvgIpc) is 2.33. The molecule has 1 atom stereocenters. The van der Waals surface area contributed by atoms with Crippen molar-refractivity contribution in [2.45, 2.75) is 46.1 Å². The summed E-state index contributed by atoms with van der Waals surface area (Å²) in [4.78, 5) is 0. The Kier molecular flexibility index (Phi) is 6.50. The number of benzene rings is 1. The summed E-state index contributed by atoms with van der Waals surface area (Å²) in [6, 6.07) is 6.79. The lowest BCUT2D eigenvalue weighted by molar-refractivity contribution is 0.169. The third-order valence-corrected chi connectivity index (χ3v) is 3.21. The first kappa shape index (κ1) is 17.0. The highest BCUT2D eigenvalue weighted by Gasteiger charge is 2.18. The number of ether oxygens (including phenoxy) is 2. The maximum atomic E-state index is 5.97. The molecule has 20 heavy (non-hydrogen) atoms. The molecule has 1 rings (SSSR count). The van der Waals surface area contributed by atoms with Crippen LogP contribution >= 0.6 is 0 Å². The van der Waals surface area contributed by atoms with Crippen LogP contribution in [0.25, 0.3) is 0 Å². The molecule has 1 aromatic carbocycles.